The van der Waals surface area contributed by atoms with Crippen LogP contribution >= 0.6 is 23.2 Å². The van der Waals surface area contributed by atoms with Crippen molar-refractivity contribution in [3.8, 4) is 0 Å². The highest BCUT2D eigenvalue weighted by Gasteiger charge is 2.18. The Morgan fingerprint density at radius 2 is 1.82 bits per heavy atom. The number of benzene rings is 1. The first-order chi connectivity index (χ1) is 16.4. The topological polar surface area (TPSA) is 92.3 Å². The van der Waals surface area contributed by atoms with Crippen molar-refractivity contribution >= 4 is 52.4 Å². The van der Waals surface area contributed by atoms with Gasteiger partial charge in [0.15, 0.2) is 0 Å². The van der Waals surface area contributed by atoms with Crippen molar-refractivity contribution in [3.63, 3.8) is 0 Å². The van der Waals surface area contributed by atoms with Gasteiger partial charge >= 0.3 is 0 Å². The fraction of sp³-hybridized carbons (Fsp3) is 0.333. The number of hydrogen-bond acceptors (Lipinski definition) is 7. The van der Waals surface area contributed by atoms with Gasteiger partial charge in [0.05, 0.1) is 28.8 Å². The van der Waals surface area contributed by atoms with Crippen LogP contribution in [0.2, 0.25) is 10.0 Å². The Bertz CT molecular complexity index is 1160. The van der Waals surface area contributed by atoms with Crippen molar-refractivity contribution in [3.05, 3.63) is 63.4 Å². The summed E-state index contributed by atoms with van der Waals surface area (Å²) in [5, 5.41) is 6.70. The Morgan fingerprint density at radius 1 is 1.09 bits per heavy atom. The van der Waals surface area contributed by atoms with Crippen molar-refractivity contribution in [1.29, 1.82) is 0 Å². The van der Waals surface area contributed by atoms with Crippen LogP contribution in [0.5, 0.6) is 0 Å². The van der Waals surface area contributed by atoms with Crippen molar-refractivity contribution < 1.29 is 9.53 Å². The lowest BCUT2D eigenvalue weighted by molar-refractivity contribution is 0.102. The number of nitrogens with one attached hydrogen (secondary N) is 2. The molecule has 2 aromatic heterocycles. The molecule has 0 radical (unpaired) electrons. The van der Waals surface area contributed by atoms with Gasteiger partial charge in [0, 0.05) is 42.8 Å². The Balaban J connectivity index is 1.50. The predicted octanol–water partition coefficient (Wildman–Crippen LogP) is 5.27. The van der Waals surface area contributed by atoms with Crippen LogP contribution in [0, 0.1) is 6.92 Å². The molecule has 1 amide bonds. The van der Waals surface area contributed by atoms with Gasteiger partial charge < -0.3 is 20.3 Å². The zero-order chi connectivity index (χ0) is 24.1. The van der Waals surface area contributed by atoms with Gasteiger partial charge in [-0.1, -0.05) is 36.5 Å². The second-order valence-corrected chi connectivity index (χ2v) is 8.80. The maximum Gasteiger partial charge on any atom is 0.258 e. The number of rotatable bonds is 7. The first-order valence-corrected chi connectivity index (χ1v) is 11.9. The third-order valence-corrected chi connectivity index (χ3v) is 5.87. The number of anilines is 4. The smallest absolute Gasteiger partial charge is 0.258 e. The molecule has 0 unspecified atom stereocenters. The van der Waals surface area contributed by atoms with E-state index in [2.05, 4.69) is 37.4 Å². The zero-order valence-electron chi connectivity index (χ0n) is 19.1. The average molecular weight is 501 g/mol. The quantitative estimate of drug-likeness (QED) is 0.456. The highest BCUT2D eigenvalue weighted by Crippen LogP contribution is 2.29. The Kier molecular flexibility index (Phi) is 7.82. The molecule has 0 aliphatic carbocycles. The molecule has 0 spiro atoms. The first kappa shape index (κ1) is 24.2. The van der Waals surface area contributed by atoms with Crippen LogP contribution < -0.4 is 15.5 Å². The van der Waals surface area contributed by atoms with E-state index in [1.165, 1.54) is 0 Å². The molecule has 2 N–H and O–H groups in total. The molecule has 3 heterocycles. The molecule has 178 valence electrons. The number of hydrogen-bond donors (Lipinski definition) is 2. The molecule has 1 aliphatic heterocycles. The monoisotopic (exact) mass is 500 g/mol. The number of pyridine rings is 1. The lowest BCUT2D eigenvalue weighted by Crippen LogP contribution is -2.37. The maximum atomic E-state index is 12.9. The predicted molar refractivity (Wildman–Crippen MR) is 136 cm³/mol. The molecule has 1 aromatic carbocycles. The van der Waals surface area contributed by atoms with Gasteiger partial charge in [-0.3, -0.25) is 4.79 Å². The first-order valence-electron chi connectivity index (χ1n) is 11.1. The van der Waals surface area contributed by atoms with Gasteiger partial charge in [-0.05, 0) is 37.1 Å². The summed E-state index contributed by atoms with van der Waals surface area (Å²) < 4.78 is 5.41. The van der Waals surface area contributed by atoms with Crippen molar-refractivity contribution in [2.24, 2.45) is 0 Å². The molecule has 3 aromatic rings. The number of morpholine rings is 1. The summed E-state index contributed by atoms with van der Waals surface area (Å²) in [6, 6.07) is 8.83. The van der Waals surface area contributed by atoms with Crippen LogP contribution in [-0.4, -0.2) is 47.2 Å². The fourth-order valence-electron chi connectivity index (χ4n) is 3.70. The molecule has 8 nitrogen and oxygen atoms in total. The number of amides is 1. The van der Waals surface area contributed by atoms with Gasteiger partial charge in [-0.2, -0.15) is 4.98 Å². The summed E-state index contributed by atoms with van der Waals surface area (Å²) in [5.74, 6) is 1.40. The summed E-state index contributed by atoms with van der Waals surface area (Å²) in [7, 11) is 0. The van der Waals surface area contributed by atoms with Crippen molar-refractivity contribution in [2.75, 3.05) is 41.8 Å². The molecule has 34 heavy (non-hydrogen) atoms. The number of nitrogens with zero attached hydrogens (tertiary/aromatic N) is 4. The number of carbonyl (C=O) groups excluding carboxylic acids is 1. The third-order valence-electron chi connectivity index (χ3n) is 5.28. The Labute approximate surface area is 208 Å². The van der Waals surface area contributed by atoms with Gasteiger partial charge in [0.2, 0.25) is 5.95 Å². The molecule has 0 saturated carbocycles. The zero-order valence-corrected chi connectivity index (χ0v) is 20.6. The van der Waals surface area contributed by atoms with E-state index in [1.54, 1.807) is 30.5 Å². The molecular weight excluding hydrogens is 475 g/mol. The van der Waals surface area contributed by atoms with Gasteiger partial charge in [-0.15, -0.1) is 0 Å². The second kappa shape index (κ2) is 11.0. The van der Waals surface area contributed by atoms with Crippen LogP contribution in [0.4, 0.5) is 23.3 Å². The van der Waals surface area contributed by atoms with Crippen molar-refractivity contribution in [1.82, 2.24) is 15.0 Å². The Hall–Kier alpha value is -2.94. The van der Waals surface area contributed by atoms with Crippen LogP contribution in [-0.2, 0) is 11.2 Å². The molecule has 4 rings (SSSR count). The van der Waals surface area contributed by atoms with E-state index in [4.69, 9.17) is 27.9 Å². The molecule has 1 aliphatic rings. The SMILES string of the molecule is CCCc1cc(Cl)c(C(=O)Nc2ccnc(Nc3cc(C)nc(N4CCOCC4)n3)c2)c(Cl)c1. The molecule has 0 bridgehead atoms. The lowest BCUT2D eigenvalue weighted by Gasteiger charge is -2.27. The highest BCUT2D eigenvalue weighted by atomic mass is 35.5. The molecule has 10 heteroatoms. The summed E-state index contributed by atoms with van der Waals surface area (Å²) in [5.41, 5.74) is 2.63. The second-order valence-electron chi connectivity index (χ2n) is 7.99. The molecule has 0 atom stereocenters. The van der Waals surface area contributed by atoms with E-state index < -0.39 is 0 Å². The minimum absolute atomic E-state index is 0.246. The van der Waals surface area contributed by atoms with Crippen LogP contribution in [0.1, 0.15) is 35.0 Å². The number of halogens is 2. The average Bonchev–Trinajstić information content (AvgIpc) is 2.79. The third kappa shape index (κ3) is 5.94. The summed E-state index contributed by atoms with van der Waals surface area (Å²) in [6.07, 6.45) is 3.41. The van der Waals surface area contributed by atoms with E-state index in [0.717, 1.165) is 37.2 Å². The minimum atomic E-state index is -0.386. The number of aryl methyl sites for hydroxylation is 2. The van der Waals surface area contributed by atoms with Gasteiger partial charge in [0.25, 0.3) is 5.91 Å². The molecular formula is C24H26Cl2N6O2. The standard InChI is InChI=1S/C24H26Cl2N6O2/c1-3-4-16-12-18(25)22(19(26)13-16)23(33)29-17-5-6-27-20(14-17)30-21-11-15(2)28-24(31-21)32-7-9-34-10-8-32/h5-6,11-14H,3-4,7-10H2,1-2H3,(H2,27,28,29,30,31,33). The number of ether oxygens (including phenoxy) is 1. The van der Waals surface area contributed by atoms with Gasteiger partial charge in [-0.25, -0.2) is 9.97 Å². The van der Waals surface area contributed by atoms with Crippen molar-refractivity contribution in [2.45, 2.75) is 26.7 Å². The normalized spacial score (nSPS) is 13.6. The number of aromatic nitrogens is 3. The van der Waals surface area contributed by atoms with Crippen LogP contribution in [0.25, 0.3) is 0 Å². The fourth-order valence-corrected chi connectivity index (χ4v) is 4.40. The van der Waals surface area contributed by atoms with E-state index in [-0.39, 0.29) is 11.5 Å². The van der Waals surface area contributed by atoms with Gasteiger partial charge in [0.1, 0.15) is 11.6 Å². The molecule has 1 saturated heterocycles. The highest BCUT2D eigenvalue weighted by molar-refractivity contribution is 6.40. The minimum Gasteiger partial charge on any atom is -0.378 e. The lowest BCUT2D eigenvalue weighted by atomic mass is 10.1. The largest absolute Gasteiger partial charge is 0.378 e. The van der Waals surface area contributed by atoms with Crippen LogP contribution in [0.15, 0.2) is 36.5 Å². The number of carbonyl (C=O) groups is 1. The Morgan fingerprint density at radius 3 is 2.53 bits per heavy atom. The van der Waals surface area contributed by atoms with E-state index >= 15 is 0 Å². The summed E-state index contributed by atoms with van der Waals surface area (Å²) in [6.45, 7) is 6.78. The summed E-state index contributed by atoms with van der Waals surface area (Å²) >= 11 is 12.7. The van der Waals surface area contributed by atoms with E-state index in [0.29, 0.717) is 46.5 Å². The maximum absolute atomic E-state index is 12.9. The summed E-state index contributed by atoms with van der Waals surface area (Å²) in [4.78, 5) is 28.5. The van der Waals surface area contributed by atoms with E-state index in [1.807, 2.05) is 13.0 Å². The molecule has 1 fully saturated rings. The van der Waals surface area contributed by atoms with Crippen LogP contribution in [0.3, 0.4) is 0 Å². The van der Waals surface area contributed by atoms with E-state index in [9.17, 15) is 4.79 Å².